The van der Waals surface area contributed by atoms with Crippen LogP contribution in [0.15, 0.2) is 18.2 Å². The molecule has 0 spiro atoms. The maximum absolute atomic E-state index is 4.60. The molecule has 2 heterocycles. The third-order valence-electron chi connectivity index (χ3n) is 3.02. The summed E-state index contributed by atoms with van der Waals surface area (Å²) in [5.41, 5.74) is 1.31. The number of aromatic nitrogens is 1. The number of hydrogen-bond donors (Lipinski definition) is 1. The minimum absolute atomic E-state index is 1.06. The van der Waals surface area contributed by atoms with Crippen molar-refractivity contribution in [1.82, 2.24) is 9.69 Å². The summed E-state index contributed by atoms with van der Waals surface area (Å²) in [5.74, 6) is 1.17. The highest BCUT2D eigenvalue weighted by atomic mass is 32.1. The van der Waals surface area contributed by atoms with Gasteiger partial charge in [-0.2, -0.15) is 4.37 Å². The molecule has 0 radical (unpaired) electrons. The molecule has 1 fully saturated rings. The normalized spacial score (nSPS) is 16.9. The fourth-order valence-corrected chi connectivity index (χ4v) is 2.92. The molecule has 1 aliphatic rings. The SMILES string of the molecule is Cc1ccc2snc(N3CCNCC3)c2c1. The summed E-state index contributed by atoms with van der Waals surface area (Å²) in [6, 6.07) is 6.58. The number of benzene rings is 1. The van der Waals surface area contributed by atoms with Crippen LogP contribution >= 0.6 is 11.5 Å². The number of piperazine rings is 1. The Hall–Kier alpha value is -1.13. The molecule has 0 unspecified atom stereocenters. The number of fused-ring (bicyclic) bond motifs is 1. The number of aryl methyl sites for hydroxylation is 1. The maximum Gasteiger partial charge on any atom is 0.150 e. The molecule has 1 N–H and O–H groups in total. The average molecular weight is 233 g/mol. The number of rotatable bonds is 1. The van der Waals surface area contributed by atoms with E-state index in [-0.39, 0.29) is 0 Å². The molecule has 0 saturated carbocycles. The summed E-state index contributed by atoms with van der Waals surface area (Å²) in [6.07, 6.45) is 0. The smallest absolute Gasteiger partial charge is 0.150 e. The minimum atomic E-state index is 1.06. The topological polar surface area (TPSA) is 28.2 Å². The van der Waals surface area contributed by atoms with Gasteiger partial charge in [0.05, 0.1) is 4.70 Å². The zero-order chi connectivity index (χ0) is 11.0. The quantitative estimate of drug-likeness (QED) is 0.816. The lowest BCUT2D eigenvalue weighted by Gasteiger charge is -2.27. The van der Waals surface area contributed by atoms with Gasteiger partial charge in [0.2, 0.25) is 0 Å². The highest BCUT2D eigenvalue weighted by Crippen LogP contribution is 2.30. The second kappa shape index (κ2) is 4.03. The first-order chi connectivity index (χ1) is 7.84. The van der Waals surface area contributed by atoms with Crippen LogP contribution in [-0.2, 0) is 0 Å². The molecular weight excluding hydrogens is 218 g/mol. The Morgan fingerprint density at radius 1 is 1.31 bits per heavy atom. The van der Waals surface area contributed by atoms with E-state index in [0.717, 1.165) is 26.2 Å². The molecule has 16 heavy (non-hydrogen) atoms. The second-order valence-electron chi connectivity index (χ2n) is 4.24. The Labute approximate surface area is 99.2 Å². The number of hydrogen-bond acceptors (Lipinski definition) is 4. The fraction of sp³-hybridized carbons (Fsp3) is 0.417. The monoisotopic (exact) mass is 233 g/mol. The average Bonchev–Trinajstić information content (AvgIpc) is 2.73. The van der Waals surface area contributed by atoms with Gasteiger partial charge in [0, 0.05) is 31.6 Å². The van der Waals surface area contributed by atoms with Crippen LogP contribution in [0.25, 0.3) is 10.1 Å². The summed E-state index contributed by atoms with van der Waals surface area (Å²) in [7, 11) is 0. The van der Waals surface area contributed by atoms with Crippen molar-refractivity contribution in [3.05, 3.63) is 23.8 Å². The van der Waals surface area contributed by atoms with Crippen LogP contribution < -0.4 is 10.2 Å². The molecule has 3 nitrogen and oxygen atoms in total. The van der Waals surface area contributed by atoms with Crippen LogP contribution in [0.2, 0.25) is 0 Å². The molecular formula is C12H15N3S. The first kappa shape index (κ1) is 10.1. The predicted octanol–water partition coefficient (Wildman–Crippen LogP) is 2.01. The van der Waals surface area contributed by atoms with Crippen molar-refractivity contribution >= 4 is 27.4 Å². The van der Waals surface area contributed by atoms with E-state index < -0.39 is 0 Å². The first-order valence-corrected chi connectivity index (χ1v) is 6.43. The van der Waals surface area contributed by atoms with Gasteiger partial charge in [-0.25, -0.2) is 0 Å². The van der Waals surface area contributed by atoms with E-state index in [1.807, 2.05) is 0 Å². The Balaban J connectivity index is 2.05. The third kappa shape index (κ3) is 1.68. The van der Waals surface area contributed by atoms with Crippen LogP contribution in [0.4, 0.5) is 5.82 Å². The lowest BCUT2D eigenvalue weighted by atomic mass is 10.2. The van der Waals surface area contributed by atoms with Gasteiger partial charge in [0.15, 0.2) is 0 Å². The summed E-state index contributed by atoms with van der Waals surface area (Å²) in [6.45, 7) is 6.38. The standard InChI is InChI=1S/C12H15N3S/c1-9-2-3-11-10(8-9)12(14-16-11)15-6-4-13-5-7-15/h2-3,8,13H,4-7H2,1H3. The van der Waals surface area contributed by atoms with E-state index in [9.17, 15) is 0 Å². The van der Waals surface area contributed by atoms with Crippen LogP contribution in [0, 0.1) is 6.92 Å². The van der Waals surface area contributed by atoms with Gasteiger partial charge < -0.3 is 10.2 Å². The molecule has 1 saturated heterocycles. The predicted molar refractivity (Wildman–Crippen MR) is 69.4 cm³/mol. The Morgan fingerprint density at radius 2 is 2.12 bits per heavy atom. The molecule has 1 aromatic heterocycles. The van der Waals surface area contributed by atoms with Gasteiger partial charge in [0.1, 0.15) is 5.82 Å². The minimum Gasteiger partial charge on any atom is -0.353 e. The van der Waals surface area contributed by atoms with Gasteiger partial charge in [0.25, 0.3) is 0 Å². The summed E-state index contributed by atoms with van der Waals surface area (Å²) >= 11 is 1.60. The molecule has 1 aromatic carbocycles. The van der Waals surface area contributed by atoms with Crippen molar-refractivity contribution in [3.8, 4) is 0 Å². The van der Waals surface area contributed by atoms with Crippen LogP contribution in [0.3, 0.4) is 0 Å². The van der Waals surface area contributed by atoms with E-state index in [4.69, 9.17) is 0 Å². The Morgan fingerprint density at radius 3 is 2.94 bits per heavy atom. The van der Waals surface area contributed by atoms with E-state index in [1.54, 1.807) is 11.5 Å². The zero-order valence-electron chi connectivity index (χ0n) is 9.36. The number of nitrogens with zero attached hydrogens (tertiary/aromatic N) is 2. The van der Waals surface area contributed by atoms with Gasteiger partial charge in [-0.1, -0.05) is 11.6 Å². The van der Waals surface area contributed by atoms with Crippen molar-refractivity contribution in [2.24, 2.45) is 0 Å². The zero-order valence-corrected chi connectivity index (χ0v) is 10.2. The van der Waals surface area contributed by atoms with Crippen molar-refractivity contribution < 1.29 is 0 Å². The lowest BCUT2D eigenvalue weighted by molar-refractivity contribution is 0.587. The Kier molecular flexibility index (Phi) is 2.53. The van der Waals surface area contributed by atoms with Gasteiger partial charge in [-0.05, 0) is 30.6 Å². The van der Waals surface area contributed by atoms with Gasteiger partial charge in [-0.15, -0.1) is 0 Å². The Bertz CT molecular complexity index is 500. The van der Waals surface area contributed by atoms with Crippen molar-refractivity contribution in [3.63, 3.8) is 0 Å². The molecule has 0 aliphatic carbocycles. The van der Waals surface area contributed by atoms with Crippen LogP contribution in [0.1, 0.15) is 5.56 Å². The van der Waals surface area contributed by atoms with Crippen molar-refractivity contribution in [2.45, 2.75) is 6.92 Å². The largest absolute Gasteiger partial charge is 0.353 e. The molecule has 4 heteroatoms. The number of anilines is 1. The maximum atomic E-state index is 4.60. The number of nitrogens with one attached hydrogen (secondary N) is 1. The lowest BCUT2D eigenvalue weighted by Crippen LogP contribution is -2.43. The van der Waals surface area contributed by atoms with Gasteiger partial charge in [-0.3, -0.25) is 0 Å². The van der Waals surface area contributed by atoms with E-state index in [1.165, 1.54) is 21.5 Å². The molecule has 84 valence electrons. The van der Waals surface area contributed by atoms with Crippen LogP contribution in [0.5, 0.6) is 0 Å². The summed E-state index contributed by atoms with van der Waals surface area (Å²) < 4.78 is 5.89. The van der Waals surface area contributed by atoms with E-state index in [2.05, 4.69) is 39.7 Å². The molecule has 1 aliphatic heterocycles. The fourth-order valence-electron chi connectivity index (χ4n) is 2.14. The van der Waals surface area contributed by atoms with E-state index >= 15 is 0 Å². The first-order valence-electron chi connectivity index (χ1n) is 5.66. The van der Waals surface area contributed by atoms with Crippen molar-refractivity contribution in [1.29, 1.82) is 0 Å². The highest BCUT2D eigenvalue weighted by molar-refractivity contribution is 7.13. The van der Waals surface area contributed by atoms with Crippen LogP contribution in [-0.4, -0.2) is 30.6 Å². The summed E-state index contributed by atoms with van der Waals surface area (Å²) in [5, 5.41) is 4.68. The molecule has 0 amide bonds. The second-order valence-corrected chi connectivity index (χ2v) is 5.05. The highest BCUT2D eigenvalue weighted by Gasteiger charge is 2.15. The van der Waals surface area contributed by atoms with Crippen molar-refractivity contribution in [2.75, 3.05) is 31.1 Å². The molecule has 3 rings (SSSR count). The molecule has 0 bridgehead atoms. The molecule has 2 aromatic rings. The molecule has 0 atom stereocenters. The van der Waals surface area contributed by atoms with E-state index in [0.29, 0.717) is 0 Å². The van der Waals surface area contributed by atoms with Gasteiger partial charge >= 0.3 is 0 Å². The third-order valence-corrected chi connectivity index (χ3v) is 3.84. The summed E-state index contributed by atoms with van der Waals surface area (Å²) in [4.78, 5) is 2.38.